The molecule has 1 aliphatic heterocycles. The monoisotopic (exact) mass is 307 g/mol. The molecule has 0 unspecified atom stereocenters. The Kier molecular flexibility index (Phi) is 5.21. The van der Waals surface area contributed by atoms with Gasteiger partial charge in [-0.2, -0.15) is 10.7 Å². The Morgan fingerprint density at radius 1 is 1.59 bits per heavy atom. The molecule has 118 valence electrons. The van der Waals surface area contributed by atoms with Crippen LogP contribution in [0.25, 0.3) is 0 Å². The summed E-state index contributed by atoms with van der Waals surface area (Å²) in [6, 6.07) is 1.81. The van der Waals surface area contributed by atoms with Crippen LogP contribution in [0, 0.1) is 11.3 Å². The summed E-state index contributed by atoms with van der Waals surface area (Å²) in [4.78, 5) is 33.5. The van der Waals surface area contributed by atoms with Crippen molar-refractivity contribution in [3.8, 4) is 6.07 Å². The summed E-state index contributed by atoms with van der Waals surface area (Å²) in [5, 5.41) is 18.2. The zero-order valence-corrected chi connectivity index (χ0v) is 12.1. The first-order chi connectivity index (χ1) is 10.6. The van der Waals surface area contributed by atoms with E-state index in [9.17, 15) is 14.9 Å². The third-order valence-electron chi connectivity index (χ3n) is 3.56. The first-order valence-electron chi connectivity index (χ1n) is 6.78. The lowest BCUT2D eigenvalue weighted by atomic mass is 9.99. The highest BCUT2D eigenvalue weighted by Gasteiger charge is 2.30. The number of nitrogens with one attached hydrogen (secondary N) is 1. The van der Waals surface area contributed by atoms with Crippen LogP contribution in [0.1, 0.15) is 28.3 Å². The maximum absolute atomic E-state index is 12.3. The molecule has 1 aromatic heterocycles. The quantitative estimate of drug-likeness (QED) is 0.713. The van der Waals surface area contributed by atoms with E-state index in [-0.39, 0.29) is 24.5 Å². The summed E-state index contributed by atoms with van der Waals surface area (Å²) in [6.45, 7) is 0.408. The molecule has 2 N–H and O–H groups in total. The van der Waals surface area contributed by atoms with Crippen molar-refractivity contribution in [3.05, 3.63) is 18.2 Å². The van der Waals surface area contributed by atoms with Crippen LogP contribution in [0.15, 0.2) is 12.4 Å². The fourth-order valence-electron chi connectivity index (χ4n) is 2.54. The van der Waals surface area contributed by atoms with Crippen molar-refractivity contribution in [2.24, 2.45) is 0 Å². The predicted octanol–water partition coefficient (Wildman–Crippen LogP) is -0.271. The SMILES string of the molecule is CON[C@@H]1CC[C@@H](C#N)N(CC(=O)n2ccnc2C(=O)O)C1. The standard InChI is InChI=1S/C13H17N5O4/c1-22-16-9-2-3-10(6-14)17(7-9)8-11(19)18-5-4-15-12(18)13(20)21/h4-5,9-10,16H,2-3,7-8H2,1H3,(H,20,21)/t9-,10+/m1/s1. The molecule has 1 saturated heterocycles. The van der Waals surface area contributed by atoms with Crippen LogP contribution in [-0.2, 0) is 4.84 Å². The molecule has 0 bridgehead atoms. The van der Waals surface area contributed by atoms with Crippen molar-refractivity contribution in [1.29, 1.82) is 5.26 Å². The second kappa shape index (κ2) is 7.13. The number of carbonyl (C=O) groups excluding carboxylic acids is 1. The van der Waals surface area contributed by atoms with Gasteiger partial charge in [-0.25, -0.2) is 9.78 Å². The van der Waals surface area contributed by atoms with Gasteiger partial charge in [-0.05, 0) is 12.8 Å². The fourth-order valence-corrected chi connectivity index (χ4v) is 2.54. The molecule has 2 heterocycles. The Balaban J connectivity index is 2.09. The van der Waals surface area contributed by atoms with Crippen molar-refractivity contribution in [3.63, 3.8) is 0 Å². The largest absolute Gasteiger partial charge is 0.475 e. The first-order valence-corrected chi connectivity index (χ1v) is 6.78. The van der Waals surface area contributed by atoms with Crippen molar-refractivity contribution < 1.29 is 19.5 Å². The van der Waals surface area contributed by atoms with E-state index in [1.54, 1.807) is 4.90 Å². The molecule has 0 saturated carbocycles. The minimum Gasteiger partial charge on any atom is -0.475 e. The molecule has 1 aliphatic rings. The number of likely N-dealkylation sites (tertiary alicyclic amines) is 1. The second-order valence-electron chi connectivity index (χ2n) is 4.99. The molecular weight excluding hydrogens is 290 g/mol. The maximum atomic E-state index is 12.3. The number of aromatic nitrogens is 2. The highest BCUT2D eigenvalue weighted by molar-refractivity contribution is 5.91. The molecule has 9 nitrogen and oxygen atoms in total. The van der Waals surface area contributed by atoms with Crippen LogP contribution in [0.5, 0.6) is 0 Å². The number of carboxylic acids is 1. The third kappa shape index (κ3) is 3.48. The van der Waals surface area contributed by atoms with E-state index in [0.29, 0.717) is 13.0 Å². The lowest BCUT2D eigenvalue weighted by Gasteiger charge is -2.35. The summed E-state index contributed by atoms with van der Waals surface area (Å²) in [6.07, 6.45) is 3.94. The lowest BCUT2D eigenvalue weighted by molar-refractivity contribution is 0.0227. The number of hydrogen-bond donors (Lipinski definition) is 2. The van der Waals surface area contributed by atoms with E-state index in [1.807, 2.05) is 0 Å². The van der Waals surface area contributed by atoms with Crippen LogP contribution in [0.3, 0.4) is 0 Å². The number of hydroxylamine groups is 1. The van der Waals surface area contributed by atoms with Gasteiger partial charge < -0.3 is 9.94 Å². The highest BCUT2D eigenvalue weighted by Crippen LogP contribution is 2.17. The first kappa shape index (κ1) is 16.1. The Labute approximate surface area is 127 Å². The summed E-state index contributed by atoms with van der Waals surface area (Å²) < 4.78 is 0.990. The smallest absolute Gasteiger partial charge is 0.372 e. The van der Waals surface area contributed by atoms with Crippen molar-refractivity contribution in [2.75, 3.05) is 20.2 Å². The molecule has 0 aromatic carbocycles. The molecule has 2 atom stereocenters. The molecular formula is C13H17N5O4. The van der Waals surface area contributed by atoms with Crippen LogP contribution in [-0.4, -0.2) is 63.7 Å². The number of piperidine rings is 1. The molecule has 1 aromatic rings. The molecule has 9 heteroatoms. The molecule has 0 aliphatic carbocycles. The van der Waals surface area contributed by atoms with E-state index in [4.69, 9.17) is 9.94 Å². The average molecular weight is 307 g/mol. The number of imidazole rings is 1. The van der Waals surface area contributed by atoms with Gasteiger partial charge in [0.15, 0.2) is 0 Å². The van der Waals surface area contributed by atoms with Crippen LogP contribution >= 0.6 is 0 Å². The highest BCUT2D eigenvalue weighted by atomic mass is 16.6. The fraction of sp³-hybridized carbons (Fsp3) is 0.538. The van der Waals surface area contributed by atoms with Gasteiger partial charge >= 0.3 is 5.97 Å². The summed E-state index contributed by atoms with van der Waals surface area (Å²) >= 11 is 0. The number of nitrogens with zero attached hydrogens (tertiary/aromatic N) is 4. The van der Waals surface area contributed by atoms with E-state index >= 15 is 0 Å². The summed E-state index contributed by atoms with van der Waals surface area (Å²) in [5.41, 5.74) is 2.82. The Morgan fingerprint density at radius 2 is 2.36 bits per heavy atom. The number of nitriles is 1. The molecule has 22 heavy (non-hydrogen) atoms. The zero-order chi connectivity index (χ0) is 16.1. The minimum atomic E-state index is -1.27. The van der Waals surface area contributed by atoms with Gasteiger partial charge in [0.1, 0.15) is 0 Å². The predicted molar refractivity (Wildman–Crippen MR) is 74.0 cm³/mol. The average Bonchev–Trinajstić information content (AvgIpc) is 2.97. The molecule has 1 fully saturated rings. The molecule has 2 rings (SSSR count). The Hall–Kier alpha value is -2.28. The normalized spacial score (nSPS) is 22.2. The Morgan fingerprint density at radius 3 is 3.00 bits per heavy atom. The summed E-state index contributed by atoms with van der Waals surface area (Å²) in [5.74, 6) is -2.04. The van der Waals surface area contributed by atoms with Gasteiger partial charge in [-0.15, -0.1) is 0 Å². The third-order valence-corrected chi connectivity index (χ3v) is 3.56. The van der Waals surface area contributed by atoms with Crippen LogP contribution in [0.2, 0.25) is 0 Å². The van der Waals surface area contributed by atoms with Gasteiger partial charge in [-0.1, -0.05) is 0 Å². The number of rotatable bonds is 5. The van der Waals surface area contributed by atoms with Crippen molar-refractivity contribution >= 4 is 11.9 Å². The minimum absolute atomic E-state index is 0.0177. The molecule has 0 spiro atoms. The maximum Gasteiger partial charge on any atom is 0.372 e. The number of carboxylic acid groups (broad SMARTS) is 1. The van der Waals surface area contributed by atoms with E-state index in [2.05, 4.69) is 16.5 Å². The summed E-state index contributed by atoms with van der Waals surface area (Å²) in [7, 11) is 1.51. The van der Waals surface area contributed by atoms with Gasteiger partial charge in [0.05, 0.1) is 25.8 Å². The van der Waals surface area contributed by atoms with Gasteiger partial charge in [-0.3, -0.25) is 14.3 Å². The van der Waals surface area contributed by atoms with Crippen molar-refractivity contribution in [1.82, 2.24) is 19.9 Å². The van der Waals surface area contributed by atoms with Crippen LogP contribution < -0.4 is 5.48 Å². The van der Waals surface area contributed by atoms with E-state index < -0.39 is 11.9 Å². The van der Waals surface area contributed by atoms with Gasteiger partial charge in [0, 0.05) is 25.0 Å². The van der Waals surface area contributed by atoms with Crippen LogP contribution in [0.4, 0.5) is 0 Å². The van der Waals surface area contributed by atoms with E-state index in [1.165, 1.54) is 19.5 Å². The van der Waals surface area contributed by atoms with Gasteiger partial charge in [0.25, 0.3) is 0 Å². The van der Waals surface area contributed by atoms with Crippen molar-refractivity contribution in [2.45, 2.75) is 24.9 Å². The molecule has 0 amide bonds. The zero-order valence-electron chi connectivity index (χ0n) is 12.1. The molecule has 0 radical (unpaired) electrons. The van der Waals surface area contributed by atoms with E-state index in [0.717, 1.165) is 11.0 Å². The number of aromatic carboxylic acids is 1. The topological polar surface area (TPSA) is 120 Å². The number of carbonyl (C=O) groups is 2. The lowest BCUT2D eigenvalue weighted by Crippen LogP contribution is -2.51. The second-order valence-corrected chi connectivity index (χ2v) is 4.99. The van der Waals surface area contributed by atoms with Gasteiger partial charge in [0.2, 0.25) is 11.7 Å². The Bertz CT molecular complexity index is 593. The number of hydrogen-bond acceptors (Lipinski definition) is 7.